The van der Waals surface area contributed by atoms with Gasteiger partial charge in [0.1, 0.15) is 11.9 Å². The Balaban J connectivity index is 3.06. The Morgan fingerprint density at radius 1 is 1.50 bits per heavy atom. The summed E-state index contributed by atoms with van der Waals surface area (Å²) in [6, 6.07) is 1.34. The zero-order chi connectivity index (χ0) is 13.9. The molecule has 0 fully saturated rings. The number of carboxylic acid groups (broad SMARTS) is 1. The largest absolute Gasteiger partial charge is 0.480 e. The highest BCUT2D eigenvalue weighted by molar-refractivity contribution is 9.10. The minimum Gasteiger partial charge on any atom is -0.480 e. The first-order valence-corrected chi connectivity index (χ1v) is 6.86. The Morgan fingerprint density at radius 2 is 2.11 bits per heavy atom. The number of halogens is 2. The third-order valence-corrected chi connectivity index (χ3v) is 4.09. The second-order valence-electron chi connectivity index (χ2n) is 3.27. The maximum atomic E-state index is 13.2. The van der Waals surface area contributed by atoms with E-state index in [1.54, 1.807) is 4.72 Å². The highest BCUT2D eigenvalue weighted by atomic mass is 79.9. The van der Waals surface area contributed by atoms with Gasteiger partial charge in [-0.15, -0.1) is 0 Å². The summed E-state index contributed by atoms with van der Waals surface area (Å²) in [5.41, 5.74) is 0. The summed E-state index contributed by atoms with van der Waals surface area (Å²) in [6.45, 7) is -0.909. The number of aliphatic carboxylic acids is 1. The zero-order valence-corrected chi connectivity index (χ0v) is 11.2. The molecule has 6 nitrogen and oxygen atoms in total. The van der Waals surface area contributed by atoms with Crippen molar-refractivity contribution in [1.82, 2.24) is 4.72 Å². The molecule has 0 saturated heterocycles. The Bertz CT molecular complexity index is 562. The standard InChI is InChI=1S/C9H9BrFNO5S/c10-6-2-1-5(3-7(6)11)18(16,17)12-8(4-13)9(14)15/h1-3,8,12-13H,4H2,(H,14,15)/t8-/m1/s1. The van der Waals surface area contributed by atoms with Crippen LogP contribution in [0, 0.1) is 5.82 Å². The molecule has 0 radical (unpaired) electrons. The summed E-state index contributed by atoms with van der Waals surface area (Å²) in [5.74, 6) is -2.33. The van der Waals surface area contributed by atoms with E-state index in [9.17, 15) is 17.6 Å². The van der Waals surface area contributed by atoms with Crippen LogP contribution in [0.15, 0.2) is 27.6 Å². The van der Waals surface area contributed by atoms with E-state index < -0.39 is 39.4 Å². The highest BCUT2D eigenvalue weighted by Crippen LogP contribution is 2.19. The molecule has 0 heterocycles. The van der Waals surface area contributed by atoms with Crippen molar-refractivity contribution in [2.45, 2.75) is 10.9 Å². The number of rotatable bonds is 5. The van der Waals surface area contributed by atoms with Crippen molar-refractivity contribution >= 4 is 31.9 Å². The molecule has 100 valence electrons. The topological polar surface area (TPSA) is 104 Å². The first-order valence-electron chi connectivity index (χ1n) is 4.59. The van der Waals surface area contributed by atoms with Gasteiger partial charge in [0.05, 0.1) is 16.0 Å². The molecule has 1 rings (SSSR count). The van der Waals surface area contributed by atoms with Gasteiger partial charge >= 0.3 is 5.97 Å². The van der Waals surface area contributed by atoms with Crippen molar-refractivity contribution < 1.29 is 27.8 Å². The Kier molecular flexibility index (Phi) is 4.79. The lowest BCUT2D eigenvalue weighted by Gasteiger charge is -2.12. The Morgan fingerprint density at radius 3 is 2.56 bits per heavy atom. The summed E-state index contributed by atoms with van der Waals surface area (Å²) in [7, 11) is -4.21. The van der Waals surface area contributed by atoms with Crippen LogP contribution in [-0.2, 0) is 14.8 Å². The van der Waals surface area contributed by atoms with Crippen molar-refractivity contribution in [1.29, 1.82) is 0 Å². The zero-order valence-electron chi connectivity index (χ0n) is 8.80. The summed E-state index contributed by atoms with van der Waals surface area (Å²) in [4.78, 5) is 10.2. The van der Waals surface area contributed by atoms with Crippen LogP contribution in [-0.4, -0.2) is 37.2 Å². The molecule has 0 aliphatic carbocycles. The van der Waals surface area contributed by atoms with Crippen LogP contribution in [0.25, 0.3) is 0 Å². The van der Waals surface area contributed by atoms with Gasteiger partial charge in [-0.05, 0) is 34.1 Å². The maximum absolute atomic E-state index is 13.2. The molecule has 1 atom stereocenters. The molecule has 0 amide bonds. The van der Waals surface area contributed by atoms with Gasteiger partial charge in [0.2, 0.25) is 10.0 Å². The third kappa shape index (κ3) is 3.48. The van der Waals surface area contributed by atoms with Gasteiger partial charge in [-0.3, -0.25) is 4.79 Å². The molecule has 1 aromatic rings. The summed E-state index contributed by atoms with van der Waals surface area (Å²) in [5, 5.41) is 17.3. The van der Waals surface area contributed by atoms with Gasteiger partial charge in [0.25, 0.3) is 0 Å². The van der Waals surface area contributed by atoms with Gasteiger partial charge < -0.3 is 10.2 Å². The molecule has 3 N–H and O–H groups in total. The van der Waals surface area contributed by atoms with Crippen LogP contribution in [0.4, 0.5) is 4.39 Å². The van der Waals surface area contributed by atoms with Crippen molar-refractivity contribution in [3.05, 3.63) is 28.5 Å². The smallest absolute Gasteiger partial charge is 0.324 e. The van der Waals surface area contributed by atoms with Gasteiger partial charge in [0, 0.05) is 0 Å². The first kappa shape index (κ1) is 15.0. The number of carboxylic acids is 1. The Labute approximate surface area is 111 Å². The molecule has 0 bridgehead atoms. The van der Waals surface area contributed by atoms with Crippen LogP contribution in [0.5, 0.6) is 0 Å². The molecule has 0 aromatic heterocycles. The minimum absolute atomic E-state index is 0.0818. The van der Waals surface area contributed by atoms with Crippen molar-refractivity contribution in [3.63, 3.8) is 0 Å². The van der Waals surface area contributed by atoms with Gasteiger partial charge in [-0.25, -0.2) is 12.8 Å². The number of aliphatic hydroxyl groups is 1. The second kappa shape index (κ2) is 5.74. The molecule has 0 saturated carbocycles. The lowest BCUT2D eigenvalue weighted by atomic mass is 10.3. The molecule has 18 heavy (non-hydrogen) atoms. The predicted molar refractivity (Wildman–Crippen MR) is 62.9 cm³/mol. The normalized spacial score (nSPS) is 13.3. The van der Waals surface area contributed by atoms with E-state index in [2.05, 4.69) is 15.9 Å². The molecule has 0 aliphatic heterocycles. The lowest BCUT2D eigenvalue weighted by Crippen LogP contribution is -2.43. The summed E-state index contributed by atoms with van der Waals surface area (Å²) in [6.07, 6.45) is 0. The molecule has 9 heteroatoms. The van der Waals surface area contributed by atoms with Crippen LogP contribution in [0.1, 0.15) is 0 Å². The summed E-state index contributed by atoms with van der Waals surface area (Å²) >= 11 is 2.86. The fraction of sp³-hybridized carbons (Fsp3) is 0.222. The van der Waals surface area contributed by atoms with E-state index in [4.69, 9.17) is 10.2 Å². The van der Waals surface area contributed by atoms with E-state index >= 15 is 0 Å². The van der Waals surface area contributed by atoms with Crippen molar-refractivity contribution in [2.75, 3.05) is 6.61 Å². The molecule has 0 aliphatic rings. The SMILES string of the molecule is O=C(O)[C@@H](CO)NS(=O)(=O)c1ccc(Br)c(F)c1. The van der Waals surface area contributed by atoms with Gasteiger partial charge in [0.15, 0.2) is 0 Å². The van der Waals surface area contributed by atoms with Crippen LogP contribution >= 0.6 is 15.9 Å². The van der Waals surface area contributed by atoms with Crippen LogP contribution in [0.2, 0.25) is 0 Å². The Hall–Kier alpha value is -1.03. The average Bonchev–Trinajstić information content (AvgIpc) is 2.29. The maximum Gasteiger partial charge on any atom is 0.324 e. The molecule has 1 aromatic carbocycles. The second-order valence-corrected chi connectivity index (χ2v) is 5.84. The number of nitrogens with one attached hydrogen (secondary N) is 1. The van der Waals surface area contributed by atoms with E-state index in [1.165, 1.54) is 6.07 Å². The number of hydrogen-bond donors (Lipinski definition) is 3. The summed E-state index contributed by atoms with van der Waals surface area (Å²) < 4.78 is 38.4. The lowest BCUT2D eigenvalue weighted by molar-refractivity contribution is -0.139. The van der Waals surface area contributed by atoms with Gasteiger partial charge in [-0.1, -0.05) is 0 Å². The number of benzene rings is 1. The fourth-order valence-corrected chi connectivity index (χ4v) is 2.50. The average molecular weight is 342 g/mol. The van der Waals surface area contributed by atoms with Crippen LogP contribution < -0.4 is 4.72 Å². The van der Waals surface area contributed by atoms with Crippen molar-refractivity contribution in [2.24, 2.45) is 0 Å². The molecular weight excluding hydrogens is 333 g/mol. The first-order chi connectivity index (χ1) is 8.27. The number of carbonyl (C=O) groups is 1. The van der Waals surface area contributed by atoms with Crippen molar-refractivity contribution in [3.8, 4) is 0 Å². The molecule has 0 spiro atoms. The third-order valence-electron chi connectivity index (χ3n) is 1.98. The highest BCUT2D eigenvalue weighted by Gasteiger charge is 2.25. The van der Waals surface area contributed by atoms with Crippen LogP contribution in [0.3, 0.4) is 0 Å². The van der Waals surface area contributed by atoms with Gasteiger partial charge in [-0.2, -0.15) is 4.72 Å². The monoisotopic (exact) mass is 341 g/mol. The van der Waals surface area contributed by atoms with E-state index in [1.807, 2.05) is 0 Å². The fourth-order valence-electron chi connectivity index (χ4n) is 1.07. The predicted octanol–water partition coefficient (Wildman–Crippen LogP) is 0.312. The molecule has 0 unspecified atom stereocenters. The number of aliphatic hydroxyl groups excluding tert-OH is 1. The number of hydrogen-bond acceptors (Lipinski definition) is 4. The van der Waals surface area contributed by atoms with E-state index in [-0.39, 0.29) is 4.47 Å². The number of sulfonamides is 1. The van der Waals surface area contributed by atoms with E-state index in [0.717, 1.165) is 12.1 Å². The minimum atomic E-state index is -4.21. The van der Waals surface area contributed by atoms with E-state index in [0.29, 0.717) is 0 Å². The quantitative estimate of drug-likeness (QED) is 0.715. The molecular formula is C9H9BrFNO5S.